The van der Waals surface area contributed by atoms with E-state index in [0.717, 1.165) is 0 Å². The predicted octanol–water partition coefficient (Wildman–Crippen LogP) is 4.14. The summed E-state index contributed by atoms with van der Waals surface area (Å²) in [6.07, 6.45) is 8.59. The van der Waals surface area contributed by atoms with Gasteiger partial charge in [-0.2, -0.15) is 0 Å². The molecule has 1 heteroatoms. The summed E-state index contributed by atoms with van der Waals surface area (Å²) in [7, 11) is 0. The monoisotopic (exact) mass is 336 g/mol. The summed E-state index contributed by atoms with van der Waals surface area (Å²) in [5, 5.41) is 0. The molecule has 0 amide bonds. The third kappa shape index (κ3) is 0.312. The van der Waals surface area contributed by atoms with Crippen LogP contribution in [0.25, 0.3) is 0 Å². The fourth-order valence-electron chi connectivity index (χ4n) is 3.59. The fourth-order valence-corrected chi connectivity index (χ4v) is 68.9. The van der Waals surface area contributed by atoms with Gasteiger partial charge in [-0.05, 0) is 0 Å². The Balaban J connectivity index is 2.06. The van der Waals surface area contributed by atoms with Crippen LogP contribution in [0.15, 0.2) is 22.3 Å². The van der Waals surface area contributed by atoms with Gasteiger partial charge in [0, 0.05) is 0 Å². The molecule has 68 valence electrons. The van der Waals surface area contributed by atoms with Crippen molar-refractivity contribution in [1.82, 2.24) is 0 Å². The first-order valence-electron chi connectivity index (χ1n) is 5.01. The summed E-state index contributed by atoms with van der Waals surface area (Å²) in [4.78, 5) is 10.3. The average Bonchev–Trinajstić information content (AvgIpc) is 3.03. The van der Waals surface area contributed by atoms with E-state index in [-0.39, 0.29) is 0 Å². The van der Waals surface area contributed by atoms with Crippen LogP contribution in [-0.4, -0.2) is 0 Å². The quantitative estimate of drug-likeness (QED) is 0.675. The van der Waals surface area contributed by atoms with Gasteiger partial charge in [0.25, 0.3) is 0 Å². The van der Waals surface area contributed by atoms with Crippen LogP contribution in [0, 0.1) is 0 Å². The Morgan fingerprint density at radius 2 is 1.50 bits per heavy atom. The van der Waals surface area contributed by atoms with Crippen LogP contribution in [0.3, 0.4) is 0 Å². The molecule has 0 nitrogen and oxygen atoms in total. The standard InChI is InChI=1S/C5H5.3C2H4.Re/c1-2-4-5-3-1;3*1-2;/h1-3H,4H2;3*1-2H2;. The molecule has 4 rings (SSSR count). The molecule has 3 saturated heterocycles. The van der Waals surface area contributed by atoms with Crippen LogP contribution in [0.1, 0.15) is 6.42 Å². The Hall–Kier alpha value is 0.142. The van der Waals surface area contributed by atoms with Gasteiger partial charge >= 0.3 is 69.9 Å². The molecule has 0 radical (unpaired) electrons. The van der Waals surface area contributed by atoms with Crippen molar-refractivity contribution in [3.8, 4) is 0 Å². The van der Waals surface area contributed by atoms with Gasteiger partial charge in [-0.3, -0.25) is 0 Å². The molecule has 0 unspecified atom stereocenters. The van der Waals surface area contributed by atoms with Gasteiger partial charge in [0.1, 0.15) is 0 Å². The zero-order valence-corrected chi connectivity index (χ0v) is 10.3. The van der Waals surface area contributed by atoms with Crippen molar-refractivity contribution in [2.45, 2.75) is 35.8 Å². The second kappa shape index (κ2) is 0.983. The molecule has 0 aromatic carbocycles. The first-order valence-corrected chi connectivity index (χ1v) is 17.9. The van der Waals surface area contributed by atoms with E-state index in [9.17, 15) is 0 Å². The van der Waals surface area contributed by atoms with Crippen molar-refractivity contribution in [2.75, 3.05) is 0 Å². The number of hydrogen-bond acceptors (Lipinski definition) is 0. The summed E-state index contributed by atoms with van der Waals surface area (Å²) in [6, 6.07) is 0. The molecule has 0 aromatic rings. The molecule has 0 atom stereocenters. The number of allylic oxidation sites excluding steroid dienone is 4. The van der Waals surface area contributed by atoms with E-state index in [1.807, 2.05) is 4.05 Å². The topological polar surface area (TPSA) is 0 Å². The SMILES string of the molecule is C1=CC[C]([Re]234([CH2][CH2]2)([CH2][CH2]3)[CH2][CH2]4)=C1. The molecule has 0 bridgehead atoms. The Morgan fingerprint density at radius 3 is 1.83 bits per heavy atom. The molecule has 1 aliphatic carbocycles. The molecule has 4 aliphatic rings. The molecule has 0 saturated carbocycles. The summed E-state index contributed by atoms with van der Waals surface area (Å²) >= 11 is -2.52. The van der Waals surface area contributed by atoms with Crippen LogP contribution in [-0.2, 0) is 11.9 Å². The maximum atomic E-state index is 2.52. The molecular weight excluding hydrogens is 318 g/mol. The van der Waals surface area contributed by atoms with E-state index in [1.54, 1.807) is 29.4 Å². The summed E-state index contributed by atoms with van der Waals surface area (Å²) in [5.74, 6) is 0. The van der Waals surface area contributed by atoms with Gasteiger partial charge in [-0.1, -0.05) is 0 Å². The molecule has 3 fully saturated rings. The minimum atomic E-state index is -2.52. The third-order valence-electron chi connectivity index (χ3n) is 6.10. The van der Waals surface area contributed by atoms with Crippen molar-refractivity contribution < 1.29 is 11.9 Å². The van der Waals surface area contributed by atoms with Gasteiger partial charge < -0.3 is 0 Å². The van der Waals surface area contributed by atoms with Gasteiger partial charge in [-0.25, -0.2) is 0 Å². The minimum absolute atomic E-state index is 1.36. The van der Waals surface area contributed by atoms with Gasteiger partial charge in [0.2, 0.25) is 0 Å². The first-order chi connectivity index (χ1) is 5.64. The van der Waals surface area contributed by atoms with E-state index < -0.39 is 11.9 Å². The van der Waals surface area contributed by atoms with Crippen LogP contribution >= 0.6 is 0 Å². The predicted molar refractivity (Wildman–Crippen MR) is 50.7 cm³/mol. The third-order valence-corrected chi connectivity index (χ3v) is 45.7. The van der Waals surface area contributed by atoms with Crippen molar-refractivity contribution in [1.29, 1.82) is 0 Å². The molecule has 3 aliphatic heterocycles. The Kier molecular flexibility index (Phi) is 0.539. The molecule has 1 spiro atoms. The van der Waals surface area contributed by atoms with Gasteiger partial charge in [-0.15, -0.1) is 0 Å². The average molecular weight is 335 g/mol. The fraction of sp³-hybridized carbons (Fsp3) is 0.636. The van der Waals surface area contributed by atoms with Crippen molar-refractivity contribution >= 4 is 0 Å². The van der Waals surface area contributed by atoms with E-state index in [2.05, 4.69) is 18.2 Å². The molecule has 12 heavy (non-hydrogen) atoms. The Bertz CT molecular complexity index is 345. The molecule has 0 aromatic heterocycles. The van der Waals surface area contributed by atoms with Crippen LogP contribution in [0.4, 0.5) is 0 Å². The normalized spacial score (nSPS) is 53.7. The second-order valence-corrected chi connectivity index (χ2v) is 42.0. The van der Waals surface area contributed by atoms with Gasteiger partial charge in [0.05, 0.1) is 0 Å². The van der Waals surface area contributed by atoms with Crippen LogP contribution < -0.4 is 0 Å². The van der Waals surface area contributed by atoms with E-state index in [0.29, 0.717) is 0 Å². The van der Waals surface area contributed by atoms with E-state index in [4.69, 9.17) is 0 Å². The first kappa shape index (κ1) is 6.57. The molecular formula is C11H17Re. The van der Waals surface area contributed by atoms with E-state index in [1.165, 1.54) is 6.42 Å². The summed E-state index contributed by atoms with van der Waals surface area (Å²) < 4.78 is 2.02. The van der Waals surface area contributed by atoms with Crippen LogP contribution in [0.5, 0.6) is 0 Å². The van der Waals surface area contributed by atoms with Crippen LogP contribution in [0.2, 0.25) is 29.4 Å². The van der Waals surface area contributed by atoms with Crippen molar-refractivity contribution in [2.24, 2.45) is 0 Å². The maximum absolute atomic E-state index is 2.52. The Labute approximate surface area is 70.0 Å². The zero-order valence-electron chi connectivity index (χ0n) is 7.56. The molecule has 3 heterocycles. The summed E-state index contributed by atoms with van der Waals surface area (Å²) in [6.45, 7) is 0. The molecule has 0 N–H and O–H groups in total. The number of rotatable bonds is 1. The van der Waals surface area contributed by atoms with Gasteiger partial charge in [0.15, 0.2) is 0 Å². The summed E-state index contributed by atoms with van der Waals surface area (Å²) in [5.41, 5.74) is 0. The van der Waals surface area contributed by atoms with Crippen molar-refractivity contribution in [3.05, 3.63) is 22.3 Å². The second-order valence-electron chi connectivity index (χ2n) is 6.02. The number of hydrogen-bond donors (Lipinski definition) is 0. The Morgan fingerprint density at radius 1 is 0.917 bits per heavy atom. The zero-order chi connectivity index (χ0) is 8.03. The van der Waals surface area contributed by atoms with E-state index >= 15 is 0 Å². The van der Waals surface area contributed by atoms with Crippen molar-refractivity contribution in [3.63, 3.8) is 0 Å².